The largest absolute Gasteiger partial charge is 0.483 e. The minimum atomic E-state index is -0.336. The van der Waals surface area contributed by atoms with Gasteiger partial charge in [0.25, 0.3) is 5.91 Å². The molecule has 1 fully saturated rings. The van der Waals surface area contributed by atoms with Crippen LogP contribution in [0.15, 0.2) is 29.1 Å². The molecular formula is C16H19N3O4. The van der Waals surface area contributed by atoms with E-state index in [1.807, 2.05) is 32.0 Å². The zero-order chi connectivity index (χ0) is 16.2. The molecule has 1 aromatic carbocycles. The van der Waals surface area contributed by atoms with E-state index in [0.29, 0.717) is 25.6 Å². The van der Waals surface area contributed by atoms with Crippen molar-refractivity contribution in [2.45, 2.75) is 19.9 Å². The number of aromatic nitrogens is 2. The van der Waals surface area contributed by atoms with E-state index in [-0.39, 0.29) is 18.6 Å². The summed E-state index contributed by atoms with van der Waals surface area (Å²) in [6, 6.07) is 5.58. The van der Waals surface area contributed by atoms with Gasteiger partial charge >= 0.3 is 0 Å². The molecule has 0 N–H and O–H groups in total. The number of morpholine rings is 1. The van der Waals surface area contributed by atoms with Crippen LogP contribution in [0.3, 0.4) is 0 Å². The highest BCUT2D eigenvalue weighted by Crippen LogP contribution is 2.23. The number of amides is 1. The van der Waals surface area contributed by atoms with E-state index in [0.717, 1.165) is 16.9 Å². The minimum absolute atomic E-state index is 0.0291. The molecule has 1 amide bonds. The van der Waals surface area contributed by atoms with E-state index in [9.17, 15) is 4.79 Å². The molecule has 0 saturated carbocycles. The highest BCUT2D eigenvalue weighted by molar-refractivity contribution is 5.78. The number of carbonyl (C=O) groups is 1. The van der Waals surface area contributed by atoms with Gasteiger partial charge in [-0.2, -0.15) is 4.98 Å². The van der Waals surface area contributed by atoms with Crippen LogP contribution in [0.5, 0.6) is 5.75 Å². The van der Waals surface area contributed by atoms with Gasteiger partial charge in [-0.1, -0.05) is 17.3 Å². The maximum absolute atomic E-state index is 12.5. The maximum atomic E-state index is 12.5. The van der Waals surface area contributed by atoms with Crippen molar-refractivity contribution < 1.29 is 18.8 Å². The fourth-order valence-electron chi connectivity index (χ4n) is 2.53. The highest BCUT2D eigenvalue weighted by atomic mass is 16.5. The normalized spacial score (nSPS) is 18.0. The third-order valence-corrected chi connectivity index (χ3v) is 3.82. The lowest BCUT2D eigenvalue weighted by molar-refractivity contribution is -0.142. The van der Waals surface area contributed by atoms with Crippen LogP contribution < -0.4 is 4.74 Å². The lowest BCUT2D eigenvalue weighted by Gasteiger charge is -2.33. The van der Waals surface area contributed by atoms with Crippen molar-refractivity contribution in [2.24, 2.45) is 0 Å². The number of ether oxygens (including phenoxy) is 2. The van der Waals surface area contributed by atoms with Gasteiger partial charge in [0.05, 0.1) is 13.2 Å². The van der Waals surface area contributed by atoms with E-state index in [2.05, 4.69) is 10.1 Å². The standard InChI is InChI=1S/C16H19N3O4/c1-11-3-4-12(2)14(7-11)22-9-15(20)19-5-6-21-8-13(19)16-17-10-23-18-16/h3-4,7,10,13H,5-6,8-9H2,1-2H3/t13-/m0/s1. The number of benzene rings is 1. The number of carbonyl (C=O) groups excluding carboxylic acids is 1. The zero-order valence-corrected chi connectivity index (χ0v) is 13.2. The van der Waals surface area contributed by atoms with Crippen LogP contribution in [-0.2, 0) is 9.53 Å². The lowest BCUT2D eigenvalue weighted by Crippen LogP contribution is -2.45. The van der Waals surface area contributed by atoms with Crippen LogP contribution in [0.4, 0.5) is 0 Å². The van der Waals surface area contributed by atoms with Crippen LogP contribution in [-0.4, -0.2) is 47.3 Å². The Morgan fingerprint density at radius 2 is 2.30 bits per heavy atom. The third-order valence-electron chi connectivity index (χ3n) is 3.82. The molecule has 0 radical (unpaired) electrons. The van der Waals surface area contributed by atoms with Crippen molar-refractivity contribution in [1.82, 2.24) is 15.0 Å². The molecule has 1 saturated heterocycles. The Morgan fingerprint density at radius 1 is 1.43 bits per heavy atom. The van der Waals surface area contributed by atoms with Crippen LogP contribution in [0.25, 0.3) is 0 Å². The molecule has 0 aliphatic carbocycles. The van der Waals surface area contributed by atoms with Crippen molar-refractivity contribution in [1.29, 1.82) is 0 Å². The van der Waals surface area contributed by atoms with Crippen molar-refractivity contribution in [3.8, 4) is 5.75 Å². The van der Waals surface area contributed by atoms with E-state index < -0.39 is 0 Å². The molecule has 1 aliphatic heterocycles. The van der Waals surface area contributed by atoms with Crippen molar-refractivity contribution in [3.05, 3.63) is 41.5 Å². The van der Waals surface area contributed by atoms with E-state index >= 15 is 0 Å². The van der Waals surface area contributed by atoms with Crippen molar-refractivity contribution in [2.75, 3.05) is 26.4 Å². The van der Waals surface area contributed by atoms with Crippen molar-refractivity contribution in [3.63, 3.8) is 0 Å². The second-order valence-corrected chi connectivity index (χ2v) is 5.52. The Labute approximate surface area is 134 Å². The average molecular weight is 317 g/mol. The first-order valence-electron chi connectivity index (χ1n) is 7.48. The molecule has 7 nitrogen and oxygen atoms in total. The van der Waals surface area contributed by atoms with Crippen molar-refractivity contribution >= 4 is 5.91 Å². The fraction of sp³-hybridized carbons (Fsp3) is 0.438. The highest BCUT2D eigenvalue weighted by Gasteiger charge is 2.31. The summed E-state index contributed by atoms with van der Waals surface area (Å²) in [6.45, 7) is 5.24. The van der Waals surface area contributed by atoms with Gasteiger partial charge in [0.1, 0.15) is 11.8 Å². The molecule has 2 heterocycles. The summed E-state index contributed by atoms with van der Waals surface area (Å²) in [6.07, 6.45) is 1.25. The Morgan fingerprint density at radius 3 is 3.09 bits per heavy atom. The summed E-state index contributed by atoms with van der Waals surface area (Å²) < 4.78 is 15.9. The van der Waals surface area contributed by atoms with Gasteiger partial charge in [-0.3, -0.25) is 4.79 Å². The quantitative estimate of drug-likeness (QED) is 0.853. The predicted octanol–water partition coefficient (Wildman–Crippen LogP) is 1.67. The molecule has 1 aromatic heterocycles. The molecule has 0 spiro atoms. The van der Waals surface area contributed by atoms with Gasteiger partial charge in [-0.05, 0) is 31.0 Å². The Balaban J connectivity index is 1.67. The number of hydrogen-bond donors (Lipinski definition) is 0. The first-order valence-corrected chi connectivity index (χ1v) is 7.48. The third kappa shape index (κ3) is 3.50. The van der Waals surface area contributed by atoms with Gasteiger partial charge in [0.15, 0.2) is 12.4 Å². The zero-order valence-electron chi connectivity index (χ0n) is 13.2. The summed E-state index contributed by atoms with van der Waals surface area (Å²) in [4.78, 5) is 18.2. The van der Waals surface area contributed by atoms with Crippen LogP contribution in [0, 0.1) is 13.8 Å². The number of nitrogens with zero attached hydrogens (tertiary/aromatic N) is 3. The molecule has 23 heavy (non-hydrogen) atoms. The van der Waals surface area contributed by atoms with E-state index in [1.54, 1.807) is 4.90 Å². The summed E-state index contributed by atoms with van der Waals surface area (Å²) in [5.74, 6) is 1.05. The predicted molar refractivity (Wildman–Crippen MR) is 81.0 cm³/mol. The maximum Gasteiger partial charge on any atom is 0.261 e. The molecular weight excluding hydrogens is 298 g/mol. The first kappa shape index (κ1) is 15.5. The molecule has 122 valence electrons. The number of rotatable bonds is 4. The second-order valence-electron chi connectivity index (χ2n) is 5.52. The Bertz CT molecular complexity index is 672. The summed E-state index contributed by atoms with van der Waals surface area (Å²) in [5, 5.41) is 3.82. The number of aryl methyl sites for hydroxylation is 2. The minimum Gasteiger partial charge on any atom is -0.483 e. The molecule has 1 atom stereocenters. The van der Waals surface area contributed by atoms with Gasteiger partial charge < -0.3 is 18.9 Å². The summed E-state index contributed by atoms with van der Waals surface area (Å²) in [7, 11) is 0. The molecule has 3 rings (SSSR count). The van der Waals surface area contributed by atoms with Gasteiger partial charge in [0.2, 0.25) is 6.39 Å². The first-order chi connectivity index (χ1) is 11.1. The Hall–Kier alpha value is -2.41. The monoisotopic (exact) mass is 317 g/mol. The van der Waals surface area contributed by atoms with Crippen LogP contribution in [0.1, 0.15) is 23.0 Å². The van der Waals surface area contributed by atoms with E-state index in [1.165, 1.54) is 6.39 Å². The van der Waals surface area contributed by atoms with E-state index in [4.69, 9.17) is 14.0 Å². The molecule has 2 aromatic rings. The topological polar surface area (TPSA) is 77.7 Å². The summed E-state index contributed by atoms with van der Waals surface area (Å²) >= 11 is 0. The molecule has 1 aliphatic rings. The Kier molecular flexibility index (Phi) is 4.57. The average Bonchev–Trinajstić information content (AvgIpc) is 3.10. The van der Waals surface area contributed by atoms with Gasteiger partial charge in [-0.25, -0.2) is 0 Å². The molecule has 7 heteroatoms. The van der Waals surface area contributed by atoms with Gasteiger partial charge in [-0.15, -0.1) is 0 Å². The lowest BCUT2D eigenvalue weighted by atomic mass is 10.1. The van der Waals surface area contributed by atoms with Crippen LogP contribution in [0.2, 0.25) is 0 Å². The summed E-state index contributed by atoms with van der Waals surface area (Å²) in [5.41, 5.74) is 2.09. The fourth-order valence-corrected chi connectivity index (χ4v) is 2.53. The molecule has 0 unspecified atom stereocenters. The molecule has 0 bridgehead atoms. The van der Waals surface area contributed by atoms with Crippen LogP contribution >= 0.6 is 0 Å². The smallest absolute Gasteiger partial charge is 0.261 e. The van der Waals surface area contributed by atoms with Gasteiger partial charge in [0, 0.05) is 6.54 Å². The number of hydrogen-bond acceptors (Lipinski definition) is 6. The SMILES string of the molecule is Cc1ccc(C)c(OCC(=O)N2CCOC[C@H]2c2ncon2)c1. The second kappa shape index (κ2) is 6.78.